The van der Waals surface area contributed by atoms with Gasteiger partial charge in [-0.15, -0.1) is 0 Å². The molecule has 26 heavy (non-hydrogen) atoms. The number of benzene rings is 1. The van der Waals surface area contributed by atoms with E-state index in [1.807, 2.05) is 25.3 Å². The maximum absolute atomic E-state index is 13.4. The molecule has 6 heteroatoms. The highest BCUT2D eigenvalue weighted by atomic mass is 19.1. The Kier molecular flexibility index (Phi) is 2.61. The fourth-order valence-corrected chi connectivity index (χ4v) is 4.29. The Labute approximate surface area is 148 Å². The van der Waals surface area contributed by atoms with Gasteiger partial charge in [0.1, 0.15) is 11.5 Å². The Hall–Kier alpha value is -3.02. The molecule has 4 aromatic rings. The zero-order chi connectivity index (χ0) is 17.4. The van der Waals surface area contributed by atoms with Gasteiger partial charge in [-0.25, -0.2) is 9.37 Å². The standard InChI is InChI=1S/C20H16FN5/c1-10-6-14(15-9-22-24-20(15)23-10)18-17-8-12-7-16(12)26(17)25-19(18)11-2-4-13(21)5-3-11/h2-6,9,12,16H,7-8H2,1H3,(H,22,23,24)/t12-,16-/m0/s1. The molecule has 0 amide bonds. The van der Waals surface area contributed by atoms with Crippen LogP contribution in [0.3, 0.4) is 0 Å². The molecule has 0 spiro atoms. The van der Waals surface area contributed by atoms with E-state index in [1.54, 1.807) is 0 Å². The summed E-state index contributed by atoms with van der Waals surface area (Å²) in [6, 6.07) is 9.24. The van der Waals surface area contributed by atoms with E-state index in [2.05, 4.69) is 25.9 Å². The normalized spacial score (nSPS) is 20.4. The summed E-state index contributed by atoms with van der Waals surface area (Å²) in [5.41, 5.74) is 7.09. The SMILES string of the molecule is Cc1cc(-c2c(-c3ccc(F)cc3)nn3c2C[C@@H]2C[C@@H]23)c2cn[nH]c2n1. The van der Waals surface area contributed by atoms with E-state index in [-0.39, 0.29) is 5.82 Å². The largest absolute Gasteiger partial charge is 0.265 e. The maximum atomic E-state index is 13.4. The topological polar surface area (TPSA) is 59.4 Å². The number of hydrogen-bond acceptors (Lipinski definition) is 3. The quantitative estimate of drug-likeness (QED) is 0.596. The number of hydrogen-bond donors (Lipinski definition) is 1. The summed E-state index contributed by atoms with van der Waals surface area (Å²) >= 11 is 0. The second-order valence-corrected chi connectivity index (χ2v) is 7.33. The average molecular weight is 345 g/mol. The molecule has 1 aliphatic carbocycles. The summed E-state index contributed by atoms with van der Waals surface area (Å²) in [5.74, 6) is 0.489. The predicted molar refractivity (Wildman–Crippen MR) is 96.1 cm³/mol. The number of aromatic nitrogens is 5. The molecule has 0 saturated heterocycles. The lowest BCUT2D eigenvalue weighted by molar-refractivity contribution is 0.627. The van der Waals surface area contributed by atoms with Gasteiger partial charge < -0.3 is 0 Å². The van der Waals surface area contributed by atoms with Crippen molar-refractivity contribution in [1.82, 2.24) is 25.0 Å². The highest BCUT2D eigenvalue weighted by Gasteiger charge is 2.48. The molecule has 4 heterocycles. The van der Waals surface area contributed by atoms with Crippen molar-refractivity contribution in [2.45, 2.75) is 25.8 Å². The van der Waals surface area contributed by atoms with E-state index in [4.69, 9.17) is 5.10 Å². The van der Waals surface area contributed by atoms with Gasteiger partial charge in [-0.1, -0.05) is 0 Å². The first-order chi connectivity index (χ1) is 12.7. The summed E-state index contributed by atoms with van der Waals surface area (Å²) < 4.78 is 15.6. The molecule has 5 nitrogen and oxygen atoms in total. The minimum absolute atomic E-state index is 0.235. The number of H-pyrrole nitrogens is 1. The van der Waals surface area contributed by atoms with Gasteiger partial charge in [0.15, 0.2) is 5.65 Å². The van der Waals surface area contributed by atoms with Crippen LogP contribution in [0.1, 0.15) is 23.9 Å². The van der Waals surface area contributed by atoms with Crippen LogP contribution < -0.4 is 0 Å². The van der Waals surface area contributed by atoms with E-state index in [0.717, 1.165) is 51.5 Å². The zero-order valence-electron chi connectivity index (χ0n) is 14.2. The maximum Gasteiger partial charge on any atom is 0.155 e. The number of pyridine rings is 1. The average Bonchev–Trinajstić information content (AvgIpc) is 2.96. The van der Waals surface area contributed by atoms with Gasteiger partial charge in [0.25, 0.3) is 0 Å². The predicted octanol–water partition coefficient (Wildman–Crippen LogP) is 4.05. The van der Waals surface area contributed by atoms with E-state index < -0.39 is 0 Å². The summed E-state index contributed by atoms with van der Waals surface area (Å²) in [6.45, 7) is 1.99. The van der Waals surface area contributed by atoms with Gasteiger partial charge in [0.2, 0.25) is 0 Å². The van der Waals surface area contributed by atoms with Gasteiger partial charge in [-0.2, -0.15) is 10.2 Å². The van der Waals surface area contributed by atoms with Crippen LogP contribution in [0.15, 0.2) is 36.5 Å². The molecule has 3 aromatic heterocycles. The zero-order valence-corrected chi connectivity index (χ0v) is 14.2. The minimum atomic E-state index is -0.235. The number of nitrogens with one attached hydrogen (secondary N) is 1. The number of fused-ring (bicyclic) bond motifs is 4. The number of rotatable bonds is 2. The first-order valence-electron chi connectivity index (χ1n) is 8.87. The first kappa shape index (κ1) is 14.2. The molecule has 2 atom stereocenters. The highest BCUT2D eigenvalue weighted by molar-refractivity contribution is 5.98. The third-order valence-corrected chi connectivity index (χ3v) is 5.60. The van der Waals surface area contributed by atoms with Crippen LogP contribution >= 0.6 is 0 Å². The van der Waals surface area contributed by atoms with Crippen LogP contribution in [-0.2, 0) is 6.42 Å². The molecule has 1 N–H and O–H groups in total. The van der Waals surface area contributed by atoms with Crippen LogP contribution in [0.5, 0.6) is 0 Å². The van der Waals surface area contributed by atoms with Crippen molar-refractivity contribution in [3.63, 3.8) is 0 Å². The van der Waals surface area contributed by atoms with Gasteiger partial charge >= 0.3 is 0 Å². The number of halogens is 1. The van der Waals surface area contributed by atoms with Crippen molar-refractivity contribution in [1.29, 1.82) is 0 Å². The third-order valence-electron chi connectivity index (χ3n) is 5.60. The fraction of sp³-hybridized carbons (Fsp3) is 0.250. The van der Waals surface area contributed by atoms with Crippen molar-refractivity contribution in [3.8, 4) is 22.4 Å². The molecule has 6 rings (SSSR count). The van der Waals surface area contributed by atoms with Crippen molar-refractivity contribution in [2.75, 3.05) is 0 Å². The third kappa shape index (κ3) is 1.87. The van der Waals surface area contributed by atoms with Crippen LogP contribution in [0.25, 0.3) is 33.4 Å². The molecular formula is C20H16FN5. The summed E-state index contributed by atoms with van der Waals surface area (Å²) in [4.78, 5) is 4.54. The second kappa shape index (κ2) is 4.78. The van der Waals surface area contributed by atoms with Gasteiger partial charge in [0, 0.05) is 33.5 Å². The summed E-state index contributed by atoms with van der Waals surface area (Å²) in [6.07, 6.45) is 4.09. The highest BCUT2D eigenvalue weighted by Crippen LogP contribution is 2.55. The van der Waals surface area contributed by atoms with E-state index >= 15 is 0 Å². The molecule has 1 fully saturated rings. The van der Waals surface area contributed by atoms with Crippen LogP contribution in [0.4, 0.5) is 4.39 Å². The molecule has 1 aliphatic heterocycles. The number of aromatic amines is 1. The van der Waals surface area contributed by atoms with Crippen molar-refractivity contribution in [2.24, 2.45) is 5.92 Å². The second-order valence-electron chi connectivity index (χ2n) is 7.33. The Bertz CT molecular complexity index is 1170. The summed E-state index contributed by atoms with van der Waals surface area (Å²) in [5, 5.41) is 13.1. The number of aryl methyl sites for hydroxylation is 1. The molecule has 0 unspecified atom stereocenters. The van der Waals surface area contributed by atoms with Gasteiger partial charge in [-0.3, -0.25) is 9.78 Å². The van der Waals surface area contributed by atoms with Crippen LogP contribution in [-0.4, -0.2) is 25.0 Å². The van der Waals surface area contributed by atoms with Crippen LogP contribution in [0, 0.1) is 18.7 Å². The Morgan fingerprint density at radius 1 is 1.23 bits per heavy atom. The van der Waals surface area contributed by atoms with Crippen molar-refractivity contribution < 1.29 is 4.39 Å². The minimum Gasteiger partial charge on any atom is -0.265 e. The van der Waals surface area contributed by atoms with E-state index in [1.165, 1.54) is 24.2 Å². The molecule has 0 bridgehead atoms. The number of nitrogens with zero attached hydrogens (tertiary/aromatic N) is 4. The summed E-state index contributed by atoms with van der Waals surface area (Å²) in [7, 11) is 0. The van der Waals surface area contributed by atoms with Crippen LogP contribution in [0.2, 0.25) is 0 Å². The Morgan fingerprint density at radius 2 is 2.08 bits per heavy atom. The lowest BCUT2D eigenvalue weighted by Crippen LogP contribution is -1.96. The van der Waals surface area contributed by atoms with Crippen molar-refractivity contribution >= 4 is 11.0 Å². The Balaban J connectivity index is 1.67. The first-order valence-corrected chi connectivity index (χ1v) is 8.87. The van der Waals surface area contributed by atoms with E-state index in [0.29, 0.717) is 6.04 Å². The smallest absolute Gasteiger partial charge is 0.155 e. The lowest BCUT2D eigenvalue weighted by atomic mass is 9.95. The molecule has 1 saturated carbocycles. The molecule has 128 valence electrons. The fourth-order valence-electron chi connectivity index (χ4n) is 4.29. The Morgan fingerprint density at radius 3 is 2.92 bits per heavy atom. The molecule has 1 aromatic carbocycles. The van der Waals surface area contributed by atoms with Gasteiger partial charge in [0.05, 0.1) is 12.2 Å². The molecule has 0 radical (unpaired) electrons. The monoisotopic (exact) mass is 345 g/mol. The lowest BCUT2D eigenvalue weighted by Gasteiger charge is -2.08. The van der Waals surface area contributed by atoms with E-state index in [9.17, 15) is 4.39 Å². The molecular weight excluding hydrogens is 329 g/mol. The van der Waals surface area contributed by atoms with Gasteiger partial charge in [-0.05, 0) is 56.0 Å². The van der Waals surface area contributed by atoms with Crippen molar-refractivity contribution in [3.05, 3.63) is 53.7 Å². The molecule has 2 aliphatic rings.